The van der Waals surface area contributed by atoms with Crippen molar-refractivity contribution >= 4 is 17.6 Å². The van der Waals surface area contributed by atoms with Gasteiger partial charge >= 0.3 is 6.09 Å². The molecule has 1 aromatic heterocycles. The Hall–Kier alpha value is -3.16. The van der Waals surface area contributed by atoms with Gasteiger partial charge in [0.15, 0.2) is 0 Å². The number of benzene rings is 1. The number of nitrogens with zero attached hydrogens (tertiary/aromatic N) is 3. The lowest BCUT2D eigenvalue weighted by Crippen LogP contribution is -2.34. The summed E-state index contributed by atoms with van der Waals surface area (Å²) in [5.74, 6) is 1.04. The molecule has 1 amide bonds. The average molecular weight is 387 g/mol. The SMILES string of the molecule is Cc1cc(OCCc2cccc(N(C)C(=O)OC(C)(C)C)n2)ccc1[N+](=O)[O-]. The summed E-state index contributed by atoms with van der Waals surface area (Å²) in [4.78, 5) is 28.4. The summed E-state index contributed by atoms with van der Waals surface area (Å²) in [6, 6.07) is 10.0. The number of nitro benzene ring substituents is 1. The third kappa shape index (κ3) is 5.94. The molecular weight excluding hydrogens is 362 g/mol. The maximum Gasteiger partial charge on any atom is 0.415 e. The van der Waals surface area contributed by atoms with Crippen LogP contribution in [0.5, 0.6) is 5.75 Å². The fraction of sp³-hybridized carbons (Fsp3) is 0.400. The minimum absolute atomic E-state index is 0.0619. The molecule has 0 fully saturated rings. The van der Waals surface area contributed by atoms with Gasteiger partial charge in [0, 0.05) is 30.8 Å². The van der Waals surface area contributed by atoms with Crippen LogP contribution in [0.3, 0.4) is 0 Å². The van der Waals surface area contributed by atoms with Gasteiger partial charge in [-0.25, -0.2) is 9.78 Å². The Bertz CT molecular complexity index is 861. The number of aromatic nitrogens is 1. The topological polar surface area (TPSA) is 94.8 Å². The molecule has 2 aromatic rings. The van der Waals surface area contributed by atoms with Crippen molar-refractivity contribution in [3.05, 3.63) is 57.8 Å². The van der Waals surface area contributed by atoms with Crippen molar-refractivity contribution in [2.24, 2.45) is 0 Å². The van der Waals surface area contributed by atoms with Crippen molar-refractivity contribution in [3.8, 4) is 5.75 Å². The highest BCUT2D eigenvalue weighted by Gasteiger charge is 2.21. The van der Waals surface area contributed by atoms with E-state index in [2.05, 4.69) is 4.98 Å². The van der Waals surface area contributed by atoms with E-state index in [0.717, 1.165) is 5.69 Å². The minimum Gasteiger partial charge on any atom is -0.493 e. The van der Waals surface area contributed by atoms with E-state index in [1.54, 1.807) is 52.9 Å². The Balaban J connectivity index is 1.97. The summed E-state index contributed by atoms with van der Waals surface area (Å²) in [6.45, 7) is 7.44. The molecule has 0 saturated carbocycles. The van der Waals surface area contributed by atoms with Crippen LogP contribution in [0.4, 0.5) is 16.3 Å². The molecule has 0 aliphatic heterocycles. The first-order valence-electron chi connectivity index (χ1n) is 8.87. The molecule has 28 heavy (non-hydrogen) atoms. The van der Waals surface area contributed by atoms with Gasteiger partial charge in [-0.2, -0.15) is 0 Å². The van der Waals surface area contributed by atoms with Gasteiger partial charge in [-0.1, -0.05) is 6.07 Å². The van der Waals surface area contributed by atoms with Gasteiger partial charge in [-0.05, 0) is 52.0 Å². The maximum absolute atomic E-state index is 12.2. The minimum atomic E-state index is -0.584. The average Bonchev–Trinajstić information content (AvgIpc) is 2.59. The summed E-state index contributed by atoms with van der Waals surface area (Å²) in [5.41, 5.74) is 0.778. The largest absolute Gasteiger partial charge is 0.493 e. The zero-order valence-corrected chi connectivity index (χ0v) is 16.8. The lowest BCUT2D eigenvalue weighted by Gasteiger charge is -2.24. The smallest absolute Gasteiger partial charge is 0.415 e. The van der Waals surface area contributed by atoms with Crippen molar-refractivity contribution in [2.45, 2.75) is 39.7 Å². The molecule has 0 atom stereocenters. The van der Waals surface area contributed by atoms with E-state index in [1.165, 1.54) is 11.0 Å². The van der Waals surface area contributed by atoms with E-state index in [0.29, 0.717) is 30.2 Å². The standard InChI is InChI=1S/C20H25N3O5/c1-14-13-16(9-10-17(14)23(25)26)27-12-11-15-7-6-8-18(21-15)22(5)19(24)28-20(2,3)4/h6-10,13H,11-12H2,1-5H3. The summed E-state index contributed by atoms with van der Waals surface area (Å²) in [7, 11) is 1.61. The van der Waals surface area contributed by atoms with Gasteiger partial charge in [-0.15, -0.1) is 0 Å². The molecule has 0 bridgehead atoms. The van der Waals surface area contributed by atoms with Crippen LogP contribution in [0.15, 0.2) is 36.4 Å². The molecule has 0 N–H and O–H groups in total. The third-order valence-electron chi connectivity index (χ3n) is 3.79. The third-order valence-corrected chi connectivity index (χ3v) is 3.79. The normalized spacial score (nSPS) is 11.0. The molecule has 8 heteroatoms. The zero-order chi connectivity index (χ0) is 20.9. The molecule has 150 valence electrons. The highest BCUT2D eigenvalue weighted by molar-refractivity contribution is 5.85. The fourth-order valence-electron chi connectivity index (χ4n) is 2.41. The van der Waals surface area contributed by atoms with Crippen molar-refractivity contribution in [1.82, 2.24) is 4.98 Å². The van der Waals surface area contributed by atoms with Crippen LogP contribution in [0.1, 0.15) is 32.0 Å². The van der Waals surface area contributed by atoms with Gasteiger partial charge in [-0.3, -0.25) is 15.0 Å². The molecule has 8 nitrogen and oxygen atoms in total. The molecule has 0 aliphatic rings. The predicted octanol–water partition coefficient (Wildman–Crippen LogP) is 4.29. The van der Waals surface area contributed by atoms with Gasteiger partial charge < -0.3 is 9.47 Å². The Kier molecular flexibility index (Phi) is 6.56. The first kappa shape index (κ1) is 21.1. The Morgan fingerprint density at radius 2 is 1.96 bits per heavy atom. The summed E-state index contributed by atoms with van der Waals surface area (Å²) >= 11 is 0. The quantitative estimate of drug-likeness (QED) is 0.542. The number of ether oxygens (including phenoxy) is 2. The molecule has 1 aromatic carbocycles. The lowest BCUT2D eigenvalue weighted by molar-refractivity contribution is -0.385. The Morgan fingerprint density at radius 3 is 2.57 bits per heavy atom. The summed E-state index contributed by atoms with van der Waals surface area (Å²) in [6.07, 6.45) is 0.0428. The van der Waals surface area contributed by atoms with Crippen molar-refractivity contribution in [1.29, 1.82) is 0 Å². The van der Waals surface area contributed by atoms with Crippen LogP contribution >= 0.6 is 0 Å². The predicted molar refractivity (Wildman–Crippen MR) is 106 cm³/mol. The first-order valence-corrected chi connectivity index (χ1v) is 8.87. The second kappa shape index (κ2) is 8.69. The zero-order valence-electron chi connectivity index (χ0n) is 16.8. The van der Waals surface area contributed by atoms with Gasteiger partial charge in [0.2, 0.25) is 0 Å². The molecule has 0 radical (unpaired) electrons. The molecule has 2 rings (SSSR count). The van der Waals surface area contributed by atoms with Crippen LogP contribution in [-0.2, 0) is 11.2 Å². The van der Waals surface area contributed by atoms with E-state index in [4.69, 9.17) is 9.47 Å². The number of carbonyl (C=O) groups is 1. The van der Waals surface area contributed by atoms with E-state index in [-0.39, 0.29) is 5.69 Å². The molecule has 0 unspecified atom stereocenters. The highest BCUT2D eigenvalue weighted by atomic mass is 16.6. The van der Waals surface area contributed by atoms with Gasteiger partial charge in [0.1, 0.15) is 17.2 Å². The van der Waals surface area contributed by atoms with Crippen LogP contribution in [0.25, 0.3) is 0 Å². The van der Waals surface area contributed by atoms with Crippen molar-refractivity contribution < 1.29 is 19.2 Å². The number of nitro groups is 1. The molecule has 1 heterocycles. The number of amides is 1. The number of pyridine rings is 1. The van der Waals surface area contributed by atoms with Crippen LogP contribution in [0, 0.1) is 17.0 Å². The molecule has 0 saturated heterocycles. The van der Waals surface area contributed by atoms with E-state index >= 15 is 0 Å². The van der Waals surface area contributed by atoms with Crippen LogP contribution < -0.4 is 9.64 Å². The Morgan fingerprint density at radius 1 is 1.25 bits per heavy atom. The van der Waals surface area contributed by atoms with E-state index < -0.39 is 16.6 Å². The number of hydrogen-bond donors (Lipinski definition) is 0. The van der Waals surface area contributed by atoms with Crippen molar-refractivity contribution in [2.75, 3.05) is 18.6 Å². The molecule has 0 spiro atoms. The second-order valence-corrected chi connectivity index (χ2v) is 7.33. The van der Waals surface area contributed by atoms with Crippen LogP contribution in [-0.4, -0.2) is 35.3 Å². The van der Waals surface area contributed by atoms with E-state index in [9.17, 15) is 14.9 Å². The Labute approximate surface area is 164 Å². The van der Waals surface area contributed by atoms with Crippen LogP contribution in [0.2, 0.25) is 0 Å². The number of hydrogen-bond acceptors (Lipinski definition) is 6. The van der Waals surface area contributed by atoms with E-state index in [1.807, 2.05) is 12.1 Å². The maximum atomic E-state index is 12.2. The monoisotopic (exact) mass is 387 g/mol. The number of carbonyl (C=O) groups excluding carboxylic acids is 1. The highest BCUT2D eigenvalue weighted by Crippen LogP contribution is 2.23. The fourth-order valence-corrected chi connectivity index (χ4v) is 2.41. The second-order valence-electron chi connectivity index (χ2n) is 7.33. The van der Waals surface area contributed by atoms with Crippen molar-refractivity contribution in [3.63, 3.8) is 0 Å². The summed E-state index contributed by atoms with van der Waals surface area (Å²) < 4.78 is 11.0. The molecular formula is C20H25N3O5. The van der Waals surface area contributed by atoms with Gasteiger partial charge in [0.05, 0.1) is 11.5 Å². The number of anilines is 1. The number of aryl methyl sites for hydroxylation is 1. The molecule has 0 aliphatic carbocycles. The lowest BCUT2D eigenvalue weighted by atomic mass is 10.2. The first-order chi connectivity index (χ1) is 13.1. The number of rotatable bonds is 6. The van der Waals surface area contributed by atoms with Gasteiger partial charge in [0.25, 0.3) is 5.69 Å². The summed E-state index contributed by atoms with van der Waals surface area (Å²) in [5, 5.41) is 10.9.